The van der Waals surface area contributed by atoms with E-state index in [0.29, 0.717) is 0 Å². The van der Waals surface area contributed by atoms with Crippen LogP contribution >= 0.6 is 11.6 Å². The van der Waals surface area contributed by atoms with Crippen LogP contribution in [-0.2, 0) is 10.9 Å². The molecular weight excluding hydrogens is 393 g/mol. The minimum absolute atomic E-state index is 0.165. The van der Waals surface area contributed by atoms with Crippen molar-refractivity contribution in [2.45, 2.75) is 32.5 Å². The van der Waals surface area contributed by atoms with Gasteiger partial charge in [-0.25, -0.2) is 14.6 Å². The largest absolute Gasteiger partial charge is 0.478 e. The molecule has 146 valence electrons. The molecule has 2 heterocycles. The summed E-state index contributed by atoms with van der Waals surface area (Å²) in [6, 6.07) is 1.17. The molecule has 0 saturated heterocycles. The summed E-state index contributed by atoms with van der Waals surface area (Å²) in [4.78, 5) is 27.0. The fourth-order valence-corrected chi connectivity index (χ4v) is 2.31. The van der Waals surface area contributed by atoms with E-state index in [1.807, 2.05) is 0 Å². The van der Waals surface area contributed by atoms with Gasteiger partial charge in [-0.2, -0.15) is 18.3 Å². The summed E-state index contributed by atoms with van der Waals surface area (Å²) in [7, 11) is 0. The number of carboxylic acids is 1. The van der Waals surface area contributed by atoms with E-state index in [9.17, 15) is 27.9 Å². The summed E-state index contributed by atoms with van der Waals surface area (Å²) < 4.78 is 44.0. The highest BCUT2D eigenvalue weighted by Gasteiger charge is 2.40. The number of aromatic amines is 1. The molecule has 0 unspecified atom stereocenters. The summed E-state index contributed by atoms with van der Waals surface area (Å²) in [5, 5.41) is 16.2. The van der Waals surface area contributed by atoms with E-state index in [1.54, 1.807) is 25.9 Å². The normalized spacial score (nSPS) is 12.0. The minimum Gasteiger partial charge on any atom is -0.478 e. The number of aromatic carboxylic acids is 1. The molecule has 1 amide bonds. The Hall–Kier alpha value is -2.82. The number of aromatic nitrogens is 3. The van der Waals surface area contributed by atoms with Crippen LogP contribution in [0.3, 0.4) is 0 Å². The second-order valence-electron chi connectivity index (χ2n) is 6.27. The van der Waals surface area contributed by atoms with Gasteiger partial charge in [0, 0.05) is 11.8 Å². The highest BCUT2D eigenvalue weighted by Crippen LogP contribution is 2.38. The predicted octanol–water partition coefficient (Wildman–Crippen LogP) is 4.19. The number of H-pyrrole nitrogens is 1. The molecule has 0 atom stereocenters. The number of nitrogens with zero attached hydrogens (tertiary/aromatic N) is 2. The molecule has 0 aliphatic heterocycles. The summed E-state index contributed by atoms with van der Waals surface area (Å²) in [5.41, 5.74) is -4.15. The lowest BCUT2D eigenvalue weighted by atomic mass is 10.1. The molecule has 2 aromatic rings. The van der Waals surface area contributed by atoms with Gasteiger partial charge in [0.15, 0.2) is 11.5 Å². The van der Waals surface area contributed by atoms with Crippen molar-refractivity contribution in [2.75, 3.05) is 5.32 Å². The van der Waals surface area contributed by atoms with Crippen molar-refractivity contribution < 1.29 is 32.6 Å². The van der Waals surface area contributed by atoms with Crippen molar-refractivity contribution in [1.82, 2.24) is 15.2 Å². The number of rotatable bonds is 3. The number of anilines is 1. The molecule has 0 bridgehead atoms. The van der Waals surface area contributed by atoms with Crippen molar-refractivity contribution in [3.8, 4) is 11.3 Å². The Balaban J connectivity index is 2.49. The molecular formula is C15H14ClF3N4O4. The van der Waals surface area contributed by atoms with Gasteiger partial charge in [-0.15, -0.1) is 0 Å². The number of carbonyl (C=O) groups excluding carboxylic acids is 1. The van der Waals surface area contributed by atoms with Crippen LogP contribution in [0.2, 0.25) is 5.02 Å². The molecule has 0 aromatic carbocycles. The van der Waals surface area contributed by atoms with E-state index in [0.717, 1.165) is 6.20 Å². The van der Waals surface area contributed by atoms with Crippen LogP contribution in [-0.4, -0.2) is 38.0 Å². The highest BCUT2D eigenvalue weighted by atomic mass is 35.5. The smallest absolute Gasteiger partial charge is 0.433 e. The average Bonchev–Trinajstić information content (AvgIpc) is 2.92. The van der Waals surface area contributed by atoms with Crippen molar-refractivity contribution in [3.05, 3.63) is 28.5 Å². The summed E-state index contributed by atoms with van der Waals surface area (Å²) >= 11 is 6.10. The Kier molecular flexibility index (Phi) is 5.36. The van der Waals surface area contributed by atoms with Crippen molar-refractivity contribution in [1.29, 1.82) is 0 Å². The number of hydrogen-bond donors (Lipinski definition) is 3. The van der Waals surface area contributed by atoms with Gasteiger partial charge in [-0.1, -0.05) is 11.6 Å². The lowest BCUT2D eigenvalue weighted by Crippen LogP contribution is -2.27. The third kappa shape index (κ3) is 4.67. The molecule has 2 aromatic heterocycles. The van der Waals surface area contributed by atoms with Gasteiger partial charge in [0.2, 0.25) is 0 Å². The number of pyridine rings is 1. The Morgan fingerprint density at radius 3 is 2.44 bits per heavy atom. The van der Waals surface area contributed by atoms with Gasteiger partial charge in [-0.05, 0) is 26.8 Å². The maximum atomic E-state index is 13.0. The average molecular weight is 407 g/mol. The van der Waals surface area contributed by atoms with E-state index in [2.05, 4.69) is 15.4 Å². The number of halogens is 4. The Labute approximate surface area is 155 Å². The zero-order valence-electron chi connectivity index (χ0n) is 14.2. The minimum atomic E-state index is -4.96. The number of carbonyl (C=O) groups is 2. The highest BCUT2D eigenvalue weighted by molar-refractivity contribution is 6.36. The van der Waals surface area contributed by atoms with Crippen LogP contribution in [0, 0.1) is 0 Å². The van der Waals surface area contributed by atoms with E-state index < -0.39 is 40.8 Å². The fraction of sp³-hybridized carbons (Fsp3) is 0.333. The molecule has 0 aliphatic carbocycles. The van der Waals surface area contributed by atoms with Crippen molar-refractivity contribution >= 4 is 29.5 Å². The zero-order valence-corrected chi connectivity index (χ0v) is 15.0. The van der Waals surface area contributed by atoms with Gasteiger partial charge >= 0.3 is 18.2 Å². The summed E-state index contributed by atoms with van der Waals surface area (Å²) in [6.45, 7) is 4.87. The van der Waals surface area contributed by atoms with Crippen molar-refractivity contribution in [2.24, 2.45) is 0 Å². The molecule has 0 fully saturated rings. The van der Waals surface area contributed by atoms with Gasteiger partial charge in [0.1, 0.15) is 16.9 Å². The van der Waals surface area contributed by atoms with Crippen molar-refractivity contribution in [3.63, 3.8) is 0 Å². The number of nitrogens with one attached hydrogen (secondary N) is 2. The Morgan fingerprint density at radius 2 is 1.93 bits per heavy atom. The summed E-state index contributed by atoms with van der Waals surface area (Å²) in [6.07, 6.45) is -4.73. The Bertz CT molecular complexity index is 890. The predicted molar refractivity (Wildman–Crippen MR) is 88.6 cm³/mol. The van der Waals surface area contributed by atoms with Gasteiger partial charge in [0.05, 0.1) is 5.02 Å². The second-order valence-corrected chi connectivity index (χ2v) is 6.65. The number of ether oxygens (including phenoxy) is 1. The first-order chi connectivity index (χ1) is 12.3. The van der Waals surface area contributed by atoms with Crippen LogP contribution < -0.4 is 5.32 Å². The van der Waals surface area contributed by atoms with E-state index in [-0.39, 0.29) is 16.4 Å². The Morgan fingerprint density at radius 1 is 1.30 bits per heavy atom. The first-order valence-electron chi connectivity index (χ1n) is 7.35. The summed E-state index contributed by atoms with van der Waals surface area (Å²) in [5.74, 6) is -2.07. The molecule has 3 N–H and O–H groups in total. The van der Waals surface area contributed by atoms with Crippen LogP contribution in [0.25, 0.3) is 11.3 Å². The number of hydrogen-bond acceptors (Lipinski definition) is 5. The van der Waals surface area contributed by atoms with Crippen LogP contribution in [0.1, 0.15) is 36.8 Å². The monoisotopic (exact) mass is 406 g/mol. The first kappa shape index (κ1) is 20.5. The standard InChI is InChI=1S/C15H14ClF3N4O4/c1-14(2,3)27-13(26)21-11-8(16)6(4-5-20-11)9-7(12(24)25)10(23-22-9)15(17,18)19/h4-5H,1-3H3,(H,22,23)(H,24,25)(H,20,21,26). The third-order valence-corrected chi connectivity index (χ3v) is 3.41. The lowest BCUT2D eigenvalue weighted by molar-refractivity contribution is -0.141. The quantitative estimate of drug-likeness (QED) is 0.703. The van der Waals surface area contributed by atoms with Crippen LogP contribution in [0.4, 0.5) is 23.8 Å². The van der Waals surface area contributed by atoms with E-state index >= 15 is 0 Å². The molecule has 8 nitrogen and oxygen atoms in total. The molecule has 0 aliphatic rings. The molecule has 27 heavy (non-hydrogen) atoms. The molecule has 12 heteroatoms. The maximum Gasteiger partial charge on any atom is 0.433 e. The van der Waals surface area contributed by atoms with E-state index in [4.69, 9.17) is 16.3 Å². The molecule has 0 saturated carbocycles. The molecule has 0 spiro atoms. The van der Waals surface area contributed by atoms with Gasteiger partial charge in [-0.3, -0.25) is 10.4 Å². The maximum absolute atomic E-state index is 13.0. The van der Waals surface area contributed by atoms with Crippen LogP contribution in [0.5, 0.6) is 0 Å². The fourth-order valence-electron chi connectivity index (χ4n) is 2.06. The zero-order chi connectivity index (χ0) is 20.6. The lowest BCUT2D eigenvalue weighted by Gasteiger charge is -2.19. The number of alkyl halides is 3. The third-order valence-electron chi connectivity index (χ3n) is 3.03. The number of amides is 1. The molecule has 0 radical (unpaired) electrons. The van der Waals surface area contributed by atoms with E-state index in [1.165, 1.54) is 6.07 Å². The first-order valence-corrected chi connectivity index (χ1v) is 7.73. The number of carboxylic acid groups (broad SMARTS) is 1. The second kappa shape index (κ2) is 7.06. The molecule has 2 rings (SSSR count). The van der Waals surface area contributed by atoms with Gasteiger partial charge in [0.25, 0.3) is 0 Å². The SMILES string of the molecule is CC(C)(C)OC(=O)Nc1nccc(-c2n[nH]c(C(F)(F)F)c2C(=O)O)c1Cl. The van der Waals surface area contributed by atoms with Gasteiger partial charge < -0.3 is 9.84 Å². The topological polar surface area (TPSA) is 117 Å². The van der Waals surface area contributed by atoms with Crippen LogP contribution in [0.15, 0.2) is 12.3 Å².